The van der Waals surface area contributed by atoms with Crippen molar-refractivity contribution in [3.8, 4) is 39.3 Å². The van der Waals surface area contributed by atoms with E-state index in [1.807, 2.05) is 30.3 Å². The number of furan rings is 2. The average Bonchev–Trinajstić information content (AvgIpc) is 3.95. The Morgan fingerprint density at radius 2 is 0.891 bits per heavy atom. The van der Waals surface area contributed by atoms with Crippen LogP contribution in [0.3, 0.4) is 0 Å². The summed E-state index contributed by atoms with van der Waals surface area (Å²) in [6, 6.07) is 67.3. The zero-order valence-corrected chi connectivity index (χ0v) is 29.7. The number of nitrogens with zero attached hydrogens (tertiary/aromatic N) is 1. The molecule has 0 fully saturated rings. The summed E-state index contributed by atoms with van der Waals surface area (Å²) in [5, 5.41) is 10.6. The topological polar surface area (TPSA) is 31.2 Å². The molecule has 3 heterocycles. The molecule has 3 heteroatoms. The van der Waals surface area contributed by atoms with Crippen LogP contribution in [0, 0.1) is 0 Å². The first-order valence-electron chi connectivity index (χ1n) is 18.8. The summed E-state index contributed by atoms with van der Waals surface area (Å²) >= 11 is 0. The molecule has 55 heavy (non-hydrogen) atoms. The van der Waals surface area contributed by atoms with Crippen molar-refractivity contribution >= 4 is 76.3 Å². The molecule has 0 aliphatic heterocycles. The van der Waals surface area contributed by atoms with Gasteiger partial charge in [0, 0.05) is 38.2 Å². The highest BCUT2D eigenvalue weighted by Gasteiger charge is 2.22. The fourth-order valence-corrected chi connectivity index (χ4v) is 9.10. The van der Waals surface area contributed by atoms with E-state index in [1.165, 1.54) is 60.0 Å². The van der Waals surface area contributed by atoms with Crippen LogP contribution >= 0.6 is 0 Å². The first-order valence-corrected chi connectivity index (χ1v) is 18.8. The molecule has 0 saturated carbocycles. The van der Waals surface area contributed by atoms with E-state index in [4.69, 9.17) is 8.83 Å². The number of hydrogen-bond donors (Lipinski definition) is 0. The largest absolute Gasteiger partial charge is 0.456 e. The summed E-state index contributed by atoms with van der Waals surface area (Å²) in [5.41, 5.74) is 12.0. The van der Waals surface area contributed by atoms with Crippen molar-refractivity contribution in [3.05, 3.63) is 188 Å². The van der Waals surface area contributed by atoms with Gasteiger partial charge in [0.2, 0.25) is 0 Å². The van der Waals surface area contributed by atoms with Crippen LogP contribution in [-0.4, -0.2) is 4.57 Å². The van der Waals surface area contributed by atoms with Gasteiger partial charge in [0.15, 0.2) is 0 Å². The Hall–Kier alpha value is -7.36. The van der Waals surface area contributed by atoms with E-state index < -0.39 is 0 Å². The second-order valence-electron chi connectivity index (χ2n) is 14.4. The molecule has 0 amide bonds. The van der Waals surface area contributed by atoms with Crippen LogP contribution in [0.1, 0.15) is 0 Å². The molecular weight excluding hydrogens is 671 g/mol. The molecule has 0 atom stereocenters. The number of para-hydroxylation sites is 2. The predicted molar refractivity (Wildman–Crippen MR) is 229 cm³/mol. The summed E-state index contributed by atoms with van der Waals surface area (Å²) < 4.78 is 15.3. The maximum atomic E-state index is 6.48. The van der Waals surface area contributed by atoms with Gasteiger partial charge in [-0.15, -0.1) is 0 Å². The van der Waals surface area contributed by atoms with Crippen molar-refractivity contribution in [1.29, 1.82) is 0 Å². The molecule has 0 aliphatic rings. The summed E-state index contributed by atoms with van der Waals surface area (Å²) in [4.78, 5) is 0. The standard InChI is InChI=1S/C52H31NO2/c1-3-14-32(15-4-1)48-31-42-46(55-48)28-29-47-52(42)41-30-33(26-27-45(41)54-47)49-35-18-7-9-20-37(35)50(38-21-10-8-19-36(38)49)40-23-13-25-44-51(40)39-22-11-12-24-43(39)53(44)34-16-5-2-6-17-34/h1-31H. The van der Waals surface area contributed by atoms with Gasteiger partial charge in [0.05, 0.1) is 11.0 Å². The summed E-state index contributed by atoms with van der Waals surface area (Å²) in [6.07, 6.45) is 0. The van der Waals surface area contributed by atoms with Gasteiger partial charge in [-0.25, -0.2) is 0 Å². The van der Waals surface area contributed by atoms with Crippen LogP contribution in [0.25, 0.3) is 116 Å². The van der Waals surface area contributed by atoms with Crippen LogP contribution < -0.4 is 0 Å². The lowest BCUT2D eigenvalue weighted by Gasteiger charge is -2.18. The molecule has 12 rings (SSSR count). The quantitative estimate of drug-likeness (QED) is 0.171. The Balaban J connectivity index is 1.14. The highest BCUT2D eigenvalue weighted by molar-refractivity contribution is 6.27. The number of hydrogen-bond acceptors (Lipinski definition) is 2. The Morgan fingerprint density at radius 3 is 1.64 bits per heavy atom. The van der Waals surface area contributed by atoms with Crippen molar-refractivity contribution in [2.75, 3.05) is 0 Å². The second-order valence-corrected chi connectivity index (χ2v) is 14.4. The fraction of sp³-hybridized carbons (Fsp3) is 0. The maximum Gasteiger partial charge on any atom is 0.136 e. The Morgan fingerprint density at radius 1 is 0.327 bits per heavy atom. The SMILES string of the molecule is c1ccc(-c2cc3c(ccc4oc5ccc(-c6c7ccccc7c(-c7cccc8c7c7ccccc7n8-c7ccccc7)c7ccccc67)cc5c43)o2)cc1. The van der Waals surface area contributed by atoms with Gasteiger partial charge in [-0.2, -0.15) is 0 Å². The van der Waals surface area contributed by atoms with Gasteiger partial charge in [0.25, 0.3) is 0 Å². The molecule has 3 nitrogen and oxygen atoms in total. The van der Waals surface area contributed by atoms with Crippen molar-refractivity contribution < 1.29 is 8.83 Å². The molecule has 0 radical (unpaired) electrons. The fourth-order valence-electron chi connectivity index (χ4n) is 9.10. The molecule has 0 bridgehead atoms. The lowest BCUT2D eigenvalue weighted by Crippen LogP contribution is -1.93. The molecule has 0 aliphatic carbocycles. The molecule has 256 valence electrons. The molecular formula is C52H31NO2. The number of rotatable bonds is 4. The number of benzene rings is 9. The molecule has 0 saturated heterocycles. The third kappa shape index (κ3) is 4.38. The minimum absolute atomic E-state index is 0.850. The van der Waals surface area contributed by atoms with E-state index in [2.05, 4.69) is 162 Å². The van der Waals surface area contributed by atoms with Gasteiger partial charge in [-0.3, -0.25) is 0 Å². The van der Waals surface area contributed by atoms with Crippen molar-refractivity contribution in [2.24, 2.45) is 0 Å². The van der Waals surface area contributed by atoms with E-state index in [9.17, 15) is 0 Å². The smallest absolute Gasteiger partial charge is 0.136 e. The van der Waals surface area contributed by atoms with Crippen LogP contribution in [0.15, 0.2) is 197 Å². The highest BCUT2D eigenvalue weighted by atomic mass is 16.3. The van der Waals surface area contributed by atoms with E-state index in [1.54, 1.807) is 0 Å². The normalized spacial score (nSPS) is 12.0. The molecule has 12 aromatic rings. The highest BCUT2D eigenvalue weighted by Crippen LogP contribution is 2.48. The summed E-state index contributed by atoms with van der Waals surface area (Å²) in [7, 11) is 0. The Kier molecular flexibility index (Phi) is 6.34. The minimum atomic E-state index is 0.850. The van der Waals surface area contributed by atoms with Crippen LogP contribution in [0.4, 0.5) is 0 Å². The molecule has 3 aromatic heterocycles. The Labute approximate surface area is 315 Å². The van der Waals surface area contributed by atoms with Gasteiger partial charge in [-0.1, -0.05) is 133 Å². The zero-order chi connectivity index (χ0) is 36.0. The second kappa shape index (κ2) is 11.6. The van der Waals surface area contributed by atoms with Crippen molar-refractivity contribution in [2.45, 2.75) is 0 Å². The molecule has 0 spiro atoms. The molecule has 9 aromatic carbocycles. The van der Waals surface area contributed by atoms with E-state index in [0.29, 0.717) is 0 Å². The number of aromatic nitrogens is 1. The van der Waals surface area contributed by atoms with Crippen LogP contribution in [-0.2, 0) is 0 Å². The average molecular weight is 702 g/mol. The lowest BCUT2D eigenvalue weighted by atomic mass is 9.84. The van der Waals surface area contributed by atoms with E-state index in [-0.39, 0.29) is 0 Å². The Bertz CT molecular complexity index is 3420. The maximum absolute atomic E-state index is 6.48. The monoisotopic (exact) mass is 701 g/mol. The van der Waals surface area contributed by atoms with E-state index >= 15 is 0 Å². The first-order chi connectivity index (χ1) is 27.3. The van der Waals surface area contributed by atoms with Crippen molar-refractivity contribution in [3.63, 3.8) is 0 Å². The van der Waals surface area contributed by atoms with Crippen molar-refractivity contribution in [1.82, 2.24) is 4.57 Å². The predicted octanol–water partition coefficient (Wildman–Crippen LogP) is 14.7. The van der Waals surface area contributed by atoms with Crippen LogP contribution in [0.2, 0.25) is 0 Å². The first kappa shape index (κ1) is 30.1. The number of fused-ring (bicyclic) bond motifs is 10. The van der Waals surface area contributed by atoms with Gasteiger partial charge in [-0.05, 0) is 98.4 Å². The molecule has 0 N–H and O–H groups in total. The minimum Gasteiger partial charge on any atom is -0.456 e. The third-order valence-electron chi connectivity index (χ3n) is 11.4. The third-order valence-corrected chi connectivity index (χ3v) is 11.4. The van der Waals surface area contributed by atoms with Gasteiger partial charge >= 0.3 is 0 Å². The van der Waals surface area contributed by atoms with Gasteiger partial charge < -0.3 is 13.4 Å². The van der Waals surface area contributed by atoms with Crippen LogP contribution in [0.5, 0.6) is 0 Å². The van der Waals surface area contributed by atoms with E-state index in [0.717, 1.165) is 55.5 Å². The summed E-state index contributed by atoms with van der Waals surface area (Å²) in [5.74, 6) is 0.850. The van der Waals surface area contributed by atoms with Gasteiger partial charge in [0.1, 0.15) is 22.5 Å². The lowest BCUT2D eigenvalue weighted by molar-refractivity contribution is 0.631. The summed E-state index contributed by atoms with van der Waals surface area (Å²) in [6.45, 7) is 0. The zero-order valence-electron chi connectivity index (χ0n) is 29.7. The molecule has 0 unspecified atom stereocenters.